The van der Waals surface area contributed by atoms with Gasteiger partial charge < -0.3 is 9.80 Å². The van der Waals surface area contributed by atoms with Crippen molar-refractivity contribution < 1.29 is 4.79 Å². The molecule has 0 spiro atoms. The minimum Gasteiger partial charge on any atom is -0.309 e. The van der Waals surface area contributed by atoms with E-state index in [0.717, 1.165) is 30.6 Å². The fraction of sp³-hybridized carbons (Fsp3) is 0.667. The summed E-state index contributed by atoms with van der Waals surface area (Å²) in [7, 11) is 0. The lowest BCUT2D eigenvalue weighted by molar-refractivity contribution is -0.118. The summed E-state index contributed by atoms with van der Waals surface area (Å²) in [6, 6.07) is 8.76. The Morgan fingerprint density at radius 3 is 2.58 bits per heavy atom. The number of benzene rings is 1. The second-order valence-corrected chi connectivity index (χ2v) is 8.54. The van der Waals surface area contributed by atoms with Crippen LogP contribution >= 0.6 is 0 Å². The molecule has 0 aromatic heterocycles. The smallest absolute Gasteiger partial charge is 0.231 e. The van der Waals surface area contributed by atoms with Gasteiger partial charge in [-0.3, -0.25) is 4.79 Å². The van der Waals surface area contributed by atoms with Crippen LogP contribution in [0.5, 0.6) is 0 Å². The van der Waals surface area contributed by atoms with Crippen molar-refractivity contribution in [3.8, 4) is 0 Å². The van der Waals surface area contributed by atoms with Gasteiger partial charge in [-0.25, -0.2) is 0 Å². The first kappa shape index (κ1) is 14.9. The molecular formula is C21H28N2O. The lowest BCUT2D eigenvalue weighted by Crippen LogP contribution is -2.47. The molecule has 2 aliphatic heterocycles. The third-order valence-corrected chi connectivity index (χ3v) is 7.16. The van der Waals surface area contributed by atoms with Crippen molar-refractivity contribution in [2.24, 2.45) is 17.8 Å². The molecule has 2 bridgehead atoms. The van der Waals surface area contributed by atoms with E-state index >= 15 is 0 Å². The second kappa shape index (κ2) is 5.87. The monoisotopic (exact) mass is 324 g/mol. The van der Waals surface area contributed by atoms with E-state index in [1.54, 1.807) is 0 Å². The summed E-state index contributed by atoms with van der Waals surface area (Å²) in [5.74, 6) is 3.35. The molecule has 1 aromatic carbocycles. The molecule has 0 N–H and O–H groups in total. The zero-order valence-corrected chi connectivity index (χ0v) is 14.5. The van der Waals surface area contributed by atoms with Crippen molar-refractivity contribution in [2.75, 3.05) is 24.5 Å². The highest BCUT2D eigenvalue weighted by molar-refractivity contribution is 6.01. The number of rotatable bonds is 3. The average molecular weight is 324 g/mol. The molecule has 2 heterocycles. The van der Waals surface area contributed by atoms with Crippen LogP contribution in [0.25, 0.3) is 0 Å². The number of anilines is 1. The first-order chi connectivity index (χ1) is 11.8. The third kappa shape index (κ3) is 2.48. The molecule has 1 aromatic rings. The summed E-state index contributed by atoms with van der Waals surface area (Å²) in [5, 5.41) is 0. The van der Waals surface area contributed by atoms with E-state index in [2.05, 4.69) is 28.0 Å². The Bertz CT molecular complexity index is 634. The summed E-state index contributed by atoms with van der Waals surface area (Å²) in [4.78, 5) is 17.3. The van der Waals surface area contributed by atoms with Gasteiger partial charge in [0.25, 0.3) is 0 Å². The molecule has 1 saturated heterocycles. The predicted octanol–water partition coefficient (Wildman–Crippen LogP) is 3.48. The van der Waals surface area contributed by atoms with Crippen LogP contribution in [0.1, 0.15) is 44.1 Å². The quantitative estimate of drug-likeness (QED) is 0.850. The normalized spacial score (nSPS) is 33.4. The fourth-order valence-electron chi connectivity index (χ4n) is 5.97. The number of piperidine rings is 1. The Morgan fingerprint density at radius 2 is 1.83 bits per heavy atom. The number of hydrogen-bond donors (Lipinski definition) is 0. The van der Waals surface area contributed by atoms with Crippen LogP contribution in [0.2, 0.25) is 0 Å². The Hall–Kier alpha value is -1.35. The lowest BCUT2D eigenvalue weighted by atomic mass is 9.88. The van der Waals surface area contributed by atoms with Crippen LogP contribution in [-0.4, -0.2) is 36.5 Å². The first-order valence-corrected chi connectivity index (χ1v) is 9.90. The van der Waals surface area contributed by atoms with Crippen LogP contribution in [0.4, 0.5) is 5.69 Å². The molecule has 5 rings (SSSR count). The Balaban J connectivity index is 1.21. The molecule has 0 radical (unpaired) electrons. The molecule has 2 saturated carbocycles. The van der Waals surface area contributed by atoms with E-state index in [-0.39, 0.29) is 0 Å². The maximum Gasteiger partial charge on any atom is 0.231 e. The summed E-state index contributed by atoms with van der Waals surface area (Å²) < 4.78 is 0. The van der Waals surface area contributed by atoms with E-state index < -0.39 is 0 Å². The Morgan fingerprint density at radius 1 is 1.00 bits per heavy atom. The number of para-hydroxylation sites is 1. The molecule has 4 aliphatic rings. The first-order valence-electron chi connectivity index (χ1n) is 9.90. The zero-order chi connectivity index (χ0) is 16.1. The van der Waals surface area contributed by atoms with Crippen molar-refractivity contribution in [1.29, 1.82) is 0 Å². The van der Waals surface area contributed by atoms with Gasteiger partial charge in [0.05, 0.1) is 6.42 Å². The van der Waals surface area contributed by atoms with Crippen molar-refractivity contribution in [1.82, 2.24) is 4.90 Å². The summed E-state index contributed by atoms with van der Waals surface area (Å²) >= 11 is 0. The van der Waals surface area contributed by atoms with E-state index in [1.165, 1.54) is 56.6 Å². The number of fused-ring (bicyclic) bond motifs is 3. The number of likely N-dealkylation sites (tertiary alicyclic amines) is 1. The molecule has 2 aliphatic carbocycles. The SMILES string of the molecule is O=C1Cc2ccccc2N1C1CCN(C[C@H]2C[C@H]3CC[C@@H]2C3)CC1. The number of amides is 1. The van der Waals surface area contributed by atoms with Gasteiger partial charge in [0.15, 0.2) is 0 Å². The van der Waals surface area contributed by atoms with Gasteiger partial charge in [-0.15, -0.1) is 0 Å². The fourth-order valence-corrected chi connectivity index (χ4v) is 5.97. The zero-order valence-electron chi connectivity index (χ0n) is 14.5. The molecule has 24 heavy (non-hydrogen) atoms. The van der Waals surface area contributed by atoms with Gasteiger partial charge in [-0.1, -0.05) is 24.6 Å². The van der Waals surface area contributed by atoms with E-state index in [1.807, 2.05) is 6.07 Å². The minimum absolute atomic E-state index is 0.308. The Labute approximate surface area is 145 Å². The molecular weight excluding hydrogens is 296 g/mol. The van der Waals surface area contributed by atoms with Crippen molar-refractivity contribution in [3.05, 3.63) is 29.8 Å². The molecule has 128 valence electrons. The number of nitrogens with zero attached hydrogens (tertiary/aromatic N) is 2. The van der Waals surface area contributed by atoms with Gasteiger partial charge in [-0.05, 0) is 61.5 Å². The molecule has 3 heteroatoms. The van der Waals surface area contributed by atoms with E-state index in [0.29, 0.717) is 18.4 Å². The maximum atomic E-state index is 12.5. The standard InChI is InChI=1S/C21H28N2O/c24-21-13-17-3-1-2-4-20(17)23(21)19-7-9-22(10-8-19)14-18-12-15-5-6-16(18)11-15/h1-4,15-16,18-19H,5-14H2/t15-,16+,18+/m0/s1. The van der Waals surface area contributed by atoms with Gasteiger partial charge in [0.2, 0.25) is 5.91 Å². The average Bonchev–Trinajstić information content (AvgIpc) is 3.29. The van der Waals surface area contributed by atoms with Crippen LogP contribution in [-0.2, 0) is 11.2 Å². The summed E-state index contributed by atoms with van der Waals surface area (Å²) in [5.41, 5.74) is 2.39. The molecule has 3 nitrogen and oxygen atoms in total. The van der Waals surface area contributed by atoms with Gasteiger partial charge in [0.1, 0.15) is 0 Å². The topological polar surface area (TPSA) is 23.6 Å². The lowest BCUT2D eigenvalue weighted by Gasteiger charge is -2.39. The van der Waals surface area contributed by atoms with Crippen LogP contribution in [0, 0.1) is 17.8 Å². The van der Waals surface area contributed by atoms with Crippen LogP contribution < -0.4 is 4.90 Å². The molecule has 3 atom stereocenters. The predicted molar refractivity (Wildman–Crippen MR) is 96.0 cm³/mol. The van der Waals surface area contributed by atoms with Crippen LogP contribution in [0.15, 0.2) is 24.3 Å². The van der Waals surface area contributed by atoms with Gasteiger partial charge in [0, 0.05) is 31.4 Å². The van der Waals surface area contributed by atoms with Crippen molar-refractivity contribution >= 4 is 11.6 Å². The highest BCUT2D eigenvalue weighted by Crippen LogP contribution is 2.48. The van der Waals surface area contributed by atoms with E-state index in [9.17, 15) is 4.79 Å². The van der Waals surface area contributed by atoms with Crippen molar-refractivity contribution in [2.45, 2.75) is 51.0 Å². The van der Waals surface area contributed by atoms with Crippen LogP contribution in [0.3, 0.4) is 0 Å². The molecule has 3 fully saturated rings. The maximum absolute atomic E-state index is 12.5. The summed E-state index contributed by atoms with van der Waals surface area (Å²) in [6.45, 7) is 3.66. The Kier molecular flexibility index (Phi) is 3.66. The van der Waals surface area contributed by atoms with Crippen molar-refractivity contribution in [3.63, 3.8) is 0 Å². The third-order valence-electron chi connectivity index (χ3n) is 7.16. The highest BCUT2D eigenvalue weighted by atomic mass is 16.2. The minimum atomic E-state index is 0.308. The second-order valence-electron chi connectivity index (χ2n) is 8.54. The number of carbonyl (C=O) groups is 1. The largest absolute Gasteiger partial charge is 0.309 e. The summed E-state index contributed by atoms with van der Waals surface area (Å²) in [6.07, 6.45) is 8.87. The number of hydrogen-bond acceptors (Lipinski definition) is 2. The van der Waals surface area contributed by atoms with E-state index in [4.69, 9.17) is 0 Å². The molecule has 1 amide bonds. The molecule has 0 unspecified atom stereocenters. The van der Waals surface area contributed by atoms with Gasteiger partial charge >= 0.3 is 0 Å². The highest BCUT2D eigenvalue weighted by Gasteiger charge is 2.41. The number of carbonyl (C=O) groups excluding carboxylic acids is 1. The van der Waals surface area contributed by atoms with Gasteiger partial charge in [-0.2, -0.15) is 0 Å².